The van der Waals surface area contributed by atoms with E-state index < -0.39 is 12.6 Å². The van der Waals surface area contributed by atoms with Crippen molar-refractivity contribution in [2.24, 2.45) is 0 Å². The fourth-order valence-electron chi connectivity index (χ4n) is 1.39. The summed E-state index contributed by atoms with van der Waals surface area (Å²) in [5, 5.41) is 0.527. The Labute approximate surface area is 103 Å². The summed E-state index contributed by atoms with van der Waals surface area (Å²) in [6.45, 7) is 0. The van der Waals surface area contributed by atoms with Gasteiger partial charge in [-0.1, -0.05) is 11.6 Å². The molecule has 0 spiro atoms. The molecule has 0 N–H and O–H groups in total. The van der Waals surface area contributed by atoms with Crippen LogP contribution in [0.4, 0.5) is 13.2 Å². The van der Waals surface area contributed by atoms with Crippen LogP contribution in [0.5, 0.6) is 0 Å². The molecule has 17 heavy (non-hydrogen) atoms. The van der Waals surface area contributed by atoms with Crippen LogP contribution in [-0.2, 0) is 0 Å². The van der Waals surface area contributed by atoms with Crippen molar-refractivity contribution < 1.29 is 18.0 Å². The van der Waals surface area contributed by atoms with Crippen LogP contribution in [0.1, 0.15) is 36.0 Å². The summed E-state index contributed by atoms with van der Waals surface area (Å²) in [7, 11) is 0. The average molecular weight is 265 g/mol. The molecule has 0 amide bonds. The highest BCUT2D eigenvalue weighted by atomic mass is 35.5. The molecule has 0 saturated heterocycles. The average Bonchev–Trinajstić information content (AvgIpc) is 2.24. The lowest BCUT2D eigenvalue weighted by Gasteiger charge is -2.05. The number of rotatable bonds is 5. The third kappa shape index (κ3) is 5.73. The third-order valence-electron chi connectivity index (χ3n) is 2.28. The number of ketones is 1. The van der Waals surface area contributed by atoms with Crippen molar-refractivity contribution in [3.8, 4) is 0 Å². The van der Waals surface area contributed by atoms with Gasteiger partial charge in [-0.2, -0.15) is 13.2 Å². The van der Waals surface area contributed by atoms with Crippen molar-refractivity contribution in [3.63, 3.8) is 0 Å². The molecule has 1 aromatic carbocycles. The number of hydrogen-bond acceptors (Lipinski definition) is 1. The normalized spacial score (nSPS) is 11.5. The van der Waals surface area contributed by atoms with E-state index in [0.717, 1.165) is 0 Å². The number of alkyl halides is 3. The van der Waals surface area contributed by atoms with Crippen molar-refractivity contribution in [1.82, 2.24) is 0 Å². The molecule has 0 aromatic heterocycles. The molecule has 0 aliphatic heterocycles. The molecule has 0 radical (unpaired) electrons. The number of unbranched alkanes of at least 4 members (excludes halogenated alkanes) is 1. The highest BCUT2D eigenvalue weighted by Crippen LogP contribution is 2.23. The molecular weight excluding hydrogens is 253 g/mol. The number of benzene rings is 1. The van der Waals surface area contributed by atoms with E-state index in [1.807, 2.05) is 0 Å². The Bertz CT molecular complexity index is 370. The summed E-state index contributed by atoms with van der Waals surface area (Å²) < 4.78 is 35.5. The maximum atomic E-state index is 11.8. The van der Waals surface area contributed by atoms with Gasteiger partial charge in [0.1, 0.15) is 0 Å². The molecule has 5 heteroatoms. The van der Waals surface area contributed by atoms with Crippen molar-refractivity contribution >= 4 is 17.4 Å². The van der Waals surface area contributed by atoms with Crippen LogP contribution in [-0.4, -0.2) is 12.0 Å². The van der Waals surface area contributed by atoms with Crippen molar-refractivity contribution in [3.05, 3.63) is 34.9 Å². The van der Waals surface area contributed by atoms with Gasteiger partial charge < -0.3 is 0 Å². The van der Waals surface area contributed by atoms with Gasteiger partial charge in [0, 0.05) is 23.4 Å². The standard InChI is InChI=1S/C12H12ClF3O/c13-10-6-4-9(5-7-10)11(17)3-1-2-8-12(14,15)16/h4-7H,1-3,8H2. The van der Waals surface area contributed by atoms with Gasteiger partial charge >= 0.3 is 6.18 Å². The number of halogens is 4. The van der Waals surface area contributed by atoms with E-state index in [9.17, 15) is 18.0 Å². The monoisotopic (exact) mass is 264 g/mol. The molecule has 1 rings (SSSR count). The Balaban J connectivity index is 2.33. The summed E-state index contributed by atoms with van der Waals surface area (Å²) in [6, 6.07) is 6.33. The highest BCUT2D eigenvalue weighted by Gasteiger charge is 2.25. The van der Waals surface area contributed by atoms with E-state index in [-0.39, 0.29) is 25.0 Å². The first kappa shape index (κ1) is 14.0. The van der Waals surface area contributed by atoms with Gasteiger partial charge in [0.05, 0.1) is 0 Å². The number of carbonyl (C=O) groups is 1. The van der Waals surface area contributed by atoms with Gasteiger partial charge in [0.15, 0.2) is 5.78 Å². The molecule has 1 aromatic rings. The summed E-state index contributed by atoms with van der Waals surface area (Å²) in [5.41, 5.74) is 0.487. The highest BCUT2D eigenvalue weighted by molar-refractivity contribution is 6.30. The van der Waals surface area contributed by atoms with Gasteiger partial charge in [-0.15, -0.1) is 0 Å². The molecule has 0 fully saturated rings. The summed E-state index contributed by atoms with van der Waals surface area (Å²) in [6.07, 6.45) is -4.59. The Morgan fingerprint density at radius 3 is 2.24 bits per heavy atom. The number of Topliss-reactive ketones (excluding diaryl/α,β-unsaturated/α-hetero) is 1. The minimum absolute atomic E-state index is 0.0111. The van der Waals surface area contributed by atoms with E-state index in [1.165, 1.54) is 0 Å². The lowest BCUT2D eigenvalue weighted by molar-refractivity contribution is -0.135. The number of carbonyl (C=O) groups excluding carboxylic acids is 1. The maximum Gasteiger partial charge on any atom is 0.389 e. The Morgan fingerprint density at radius 2 is 1.71 bits per heavy atom. The minimum Gasteiger partial charge on any atom is -0.294 e. The molecule has 1 nitrogen and oxygen atoms in total. The van der Waals surface area contributed by atoms with E-state index in [0.29, 0.717) is 10.6 Å². The van der Waals surface area contributed by atoms with E-state index in [4.69, 9.17) is 11.6 Å². The Morgan fingerprint density at radius 1 is 1.12 bits per heavy atom. The zero-order chi connectivity index (χ0) is 12.9. The Kier molecular flexibility index (Phi) is 5.00. The fourth-order valence-corrected chi connectivity index (χ4v) is 1.52. The van der Waals surface area contributed by atoms with Crippen LogP contribution in [0.3, 0.4) is 0 Å². The summed E-state index contributed by atoms with van der Waals surface area (Å²) in [5.74, 6) is -0.149. The summed E-state index contributed by atoms with van der Waals surface area (Å²) >= 11 is 5.66. The smallest absolute Gasteiger partial charge is 0.294 e. The largest absolute Gasteiger partial charge is 0.389 e. The minimum atomic E-state index is -4.14. The van der Waals surface area contributed by atoms with E-state index >= 15 is 0 Å². The predicted octanol–water partition coefficient (Wildman–Crippen LogP) is 4.65. The first-order valence-electron chi connectivity index (χ1n) is 5.24. The van der Waals surface area contributed by atoms with Crippen LogP contribution in [0, 0.1) is 0 Å². The zero-order valence-corrected chi connectivity index (χ0v) is 9.81. The summed E-state index contributed by atoms with van der Waals surface area (Å²) in [4.78, 5) is 11.6. The maximum absolute atomic E-state index is 11.8. The van der Waals surface area contributed by atoms with Crippen LogP contribution in [0.2, 0.25) is 5.02 Å². The van der Waals surface area contributed by atoms with Gasteiger partial charge in [-0.3, -0.25) is 4.79 Å². The van der Waals surface area contributed by atoms with Crippen molar-refractivity contribution in [1.29, 1.82) is 0 Å². The van der Waals surface area contributed by atoms with E-state index in [2.05, 4.69) is 0 Å². The van der Waals surface area contributed by atoms with Gasteiger partial charge in [0.25, 0.3) is 0 Å². The molecule has 0 saturated carbocycles. The second-order valence-electron chi connectivity index (χ2n) is 3.75. The van der Waals surface area contributed by atoms with Crippen LogP contribution in [0.25, 0.3) is 0 Å². The molecule has 0 bridgehead atoms. The molecule has 94 valence electrons. The first-order chi connectivity index (χ1) is 7.88. The molecule has 0 unspecified atom stereocenters. The second kappa shape index (κ2) is 6.05. The van der Waals surface area contributed by atoms with Gasteiger partial charge in [-0.05, 0) is 37.1 Å². The second-order valence-corrected chi connectivity index (χ2v) is 4.19. The Hall–Kier alpha value is -1.03. The van der Waals surface area contributed by atoms with Crippen LogP contribution in [0.15, 0.2) is 24.3 Å². The molecular formula is C12H12ClF3O. The zero-order valence-electron chi connectivity index (χ0n) is 9.06. The van der Waals surface area contributed by atoms with Crippen LogP contribution < -0.4 is 0 Å². The topological polar surface area (TPSA) is 17.1 Å². The predicted molar refractivity (Wildman–Crippen MR) is 60.3 cm³/mol. The van der Waals surface area contributed by atoms with Gasteiger partial charge in [-0.25, -0.2) is 0 Å². The quantitative estimate of drug-likeness (QED) is 0.559. The third-order valence-corrected chi connectivity index (χ3v) is 2.53. The fraction of sp³-hybridized carbons (Fsp3) is 0.417. The van der Waals surface area contributed by atoms with Crippen LogP contribution >= 0.6 is 11.6 Å². The molecule has 0 aliphatic carbocycles. The van der Waals surface area contributed by atoms with Crippen molar-refractivity contribution in [2.75, 3.05) is 0 Å². The van der Waals surface area contributed by atoms with E-state index in [1.54, 1.807) is 24.3 Å². The lowest BCUT2D eigenvalue weighted by atomic mass is 10.0. The SMILES string of the molecule is O=C(CCCCC(F)(F)F)c1ccc(Cl)cc1. The lowest BCUT2D eigenvalue weighted by Crippen LogP contribution is -2.07. The first-order valence-corrected chi connectivity index (χ1v) is 5.62. The number of hydrogen-bond donors (Lipinski definition) is 0. The van der Waals surface area contributed by atoms with Crippen molar-refractivity contribution in [2.45, 2.75) is 31.9 Å². The molecule has 0 atom stereocenters. The molecule has 0 heterocycles. The molecule has 0 aliphatic rings. The van der Waals surface area contributed by atoms with Gasteiger partial charge in [0.2, 0.25) is 0 Å².